The number of terminal acetylenes is 1. The lowest BCUT2D eigenvalue weighted by atomic mass is 10.2. The zero-order valence-electron chi connectivity index (χ0n) is 9.35. The van der Waals surface area contributed by atoms with Crippen LogP contribution in [-0.2, 0) is 14.3 Å². The molecule has 1 fully saturated rings. The van der Waals surface area contributed by atoms with Crippen molar-refractivity contribution in [1.82, 2.24) is 5.32 Å². The molecule has 94 valence electrons. The monoisotopic (exact) mass is 257 g/mol. The Balaban J connectivity index is 2.17. The van der Waals surface area contributed by atoms with E-state index in [9.17, 15) is 9.59 Å². The van der Waals surface area contributed by atoms with E-state index in [2.05, 4.69) is 11.2 Å². The quantitative estimate of drug-likeness (QED) is 0.521. The minimum absolute atomic E-state index is 0.241. The Morgan fingerprint density at radius 3 is 2.76 bits per heavy atom. The molecular formula is C11H15NO4S. The molecule has 0 aliphatic carbocycles. The lowest BCUT2D eigenvalue weighted by Gasteiger charge is -2.11. The highest BCUT2D eigenvalue weighted by Crippen LogP contribution is 2.19. The average molecular weight is 257 g/mol. The molecule has 0 aromatic heterocycles. The van der Waals surface area contributed by atoms with Crippen LogP contribution in [-0.4, -0.2) is 47.2 Å². The number of carboxylic acid groups (broad SMARTS) is 1. The fraction of sp³-hybridized carbons (Fsp3) is 0.636. The second-order valence-electron chi connectivity index (χ2n) is 3.58. The highest BCUT2D eigenvalue weighted by molar-refractivity contribution is 7.99. The van der Waals surface area contributed by atoms with E-state index in [1.165, 1.54) is 0 Å². The first-order chi connectivity index (χ1) is 8.15. The molecule has 0 spiro atoms. The highest BCUT2D eigenvalue weighted by atomic mass is 32.2. The van der Waals surface area contributed by atoms with Gasteiger partial charge in [-0.3, -0.25) is 4.79 Å². The van der Waals surface area contributed by atoms with Crippen molar-refractivity contribution in [1.29, 1.82) is 0 Å². The van der Waals surface area contributed by atoms with Crippen LogP contribution in [0.5, 0.6) is 0 Å². The molecule has 17 heavy (non-hydrogen) atoms. The maximum Gasteiger partial charge on any atom is 0.332 e. The molecule has 1 saturated heterocycles. The Morgan fingerprint density at radius 1 is 1.47 bits per heavy atom. The second-order valence-corrected chi connectivity index (χ2v) is 4.68. The predicted octanol–water partition coefficient (Wildman–Crippen LogP) is 0.101. The first kappa shape index (κ1) is 13.9. The number of carbonyl (C=O) groups is 2. The average Bonchev–Trinajstić information content (AvgIpc) is 2.78. The van der Waals surface area contributed by atoms with Crippen LogP contribution in [0.15, 0.2) is 0 Å². The molecule has 0 unspecified atom stereocenters. The molecule has 1 amide bonds. The largest absolute Gasteiger partial charge is 0.479 e. The second kappa shape index (κ2) is 7.20. The summed E-state index contributed by atoms with van der Waals surface area (Å²) in [4.78, 5) is 22.2. The third kappa shape index (κ3) is 4.67. The number of ether oxygens (including phenoxy) is 1. The van der Waals surface area contributed by atoms with Crippen LogP contribution in [0, 0.1) is 12.3 Å². The highest BCUT2D eigenvalue weighted by Gasteiger charge is 2.34. The number of hydrogen-bond acceptors (Lipinski definition) is 4. The summed E-state index contributed by atoms with van der Waals surface area (Å²) in [5.41, 5.74) is 0. The standard InChI is InChI=1S/C11H15NO4S/c1-2-6-17-7-5-12-10(13)8-3-4-9(16-8)11(14)15/h1,8-9H,3-7H2,(H,12,13)(H,14,15)/t8-,9+/m0/s1. The van der Waals surface area contributed by atoms with Gasteiger partial charge in [0.15, 0.2) is 6.10 Å². The Labute approximate surface area is 104 Å². The minimum atomic E-state index is -1.01. The molecule has 1 aliphatic heterocycles. The Morgan fingerprint density at radius 2 is 2.18 bits per heavy atom. The van der Waals surface area contributed by atoms with Gasteiger partial charge in [-0.05, 0) is 12.8 Å². The van der Waals surface area contributed by atoms with Gasteiger partial charge in [-0.2, -0.15) is 0 Å². The maximum atomic E-state index is 11.6. The number of hydrogen-bond donors (Lipinski definition) is 2. The predicted molar refractivity (Wildman–Crippen MR) is 64.7 cm³/mol. The molecule has 0 bridgehead atoms. The van der Waals surface area contributed by atoms with Gasteiger partial charge in [-0.25, -0.2) is 4.79 Å². The molecule has 0 aromatic carbocycles. The molecule has 2 N–H and O–H groups in total. The molecule has 1 rings (SSSR count). The summed E-state index contributed by atoms with van der Waals surface area (Å²) in [5.74, 6) is 2.60. The molecule has 0 radical (unpaired) electrons. The SMILES string of the molecule is C#CCSCCNC(=O)[C@@H]1CC[C@H](C(=O)O)O1. The van der Waals surface area contributed by atoms with Crippen molar-refractivity contribution in [2.45, 2.75) is 25.0 Å². The van der Waals surface area contributed by atoms with Crippen molar-refractivity contribution in [2.75, 3.05) is 18.1 Å². The number of carbonyl (C=O) groups excluding carboxylic acids is 1. The van der Waals surface area contributed by atoms with Crippen molar-refractivity contribution < 1.29 is 19.4 Å². The van der Waals surface area contributed by atoms with Crippen molar-refractivity contribution >= 4 is 23.6 Å². The summed E-state index contributed by atoms with van der Waals surface area (Å²) < 4.78 is 5.11. The van der Waals surface area contributed by atoms with Gasteiger partial charge in [0.2, 0.25) is 5.91 Å². The van der Waals surface area contributed by atoms with Crippen LogP contribution in [0.4, 0.5) is 0 Å². The van der Waals surface area contributed by atoms with E-state index in [4.69, 9.17) is 16.3 Å². The third-order valence-corrected chi connectivity index (χ3v) is 3.18. The van der Waals surface area contributed by atoms with Crippen LogP contribution >= 0.6 is 11.8 Å². The number of amides is 1. The van der Waals surface area contributed by atoms with Crippen molar-refractivity contribution in [2.24, 2.45) is 0 Å². The minimum Gasteiger partial charge on any atom is -0.479 e. The van der Waals surface area contributed by atoms with E-state index in [1.807, 2.05) is 0 Å². The first-order valence-electron chi connectivity index (χ1n) is 5.32. The summed E-state index contributed by atoms with van der Waals surface area (Å²) in [6, 6.07) is 0. The van der Waals surface area contributed by atoms with E-state index < -0.39 is 18.2 Å². The lowest BCUT2D eigenvalue weighted by molar-refractivity contribution is -0.151. The molecule has 5 nitrogen and oxygen atoms in total. The van der Waals surface area contributed by atoms with Gasteiger partial charge in [0.1, 0.15) is 6.10 Å². The van der Waals surface area contributed by atoms with Crippen LogP contribution in [0.3, 0.4) is 0 Å². The van der Waals surface area contributed by atoms with Gasteiger partial charge in [0.05, 0.1) is 5.75 Å². The zero-order valence-corrected chi connectivity index (χ0v) is 10.2. The zero-order chi connectivity index (χ0) is 12.7. The van der Waals surface area contributed by atoms with Crippen molar-refractivity contribution in [3.63, 3.8) is 0 Å². The Kier molecular flexibility index (Phi) is 5.87. The van der Waals surface area contributed by atoms with E-state index in [-0.39, 0.29) is 5.91 Å². The third-order valence-electron chi connectivity index (χ3n) is 2.32. The van der Waals surface area contributed by atoms with Gasteiger partial charge in [-0.15, -0.1) is 18.2 Å². The normalized spacial score (nSPS) is 23.0. The number of carboxylic acids is 1. The first-order valence-corrected chi connectivity index (χ1v) is 6.47. The van der Waals surface area contributed by atoms with Gasteiger partial charge in [0.25, 0.3) is 0 Å². The topological polar surface area (TPSA) is 75.6 Å². The maximum absolute atomic E-state index is 11.6. The summed E-state index contributed by atoms with van der Waals surface area (Å²) in [6.07, 6.45) is 4.45. The Bertz CT molecular complexity index is 326. The van der Waals surface area contributed by atoms with Crippen LogP contribution in [0.1, 0.15) is 12.8 Å². The van der Waals surface area contributed by atoms with Crippen molar-refractivity contribution in [3.8, 4) is 12.3 Å². The van der Waals surface area contributed by atoms with Crippen LogP contribution < -0.4 is 5.32 Å². The summed E-state index contributed by atoms with van der Waals surface area (Å²) in [7, 11) is 0. The van der Waals surface area contributed by atoms with Gasteiger partial charge in [0, 0.05) is 12.3 Å². The smallest absolute Gasteiger partial charge is 0.332 e. The number of rotatable bonds is 6. The van der Waals surface area contributed by atoms with E-state index in [0.717, 1.165) is 5.75 Å². The molecule has 0 aromatic rings. The fourth-order valence-corrected chi connectivity index (χ4v) is 2.01. The van der Waals surface area contributed by atoms with Crippen LogP contribution in [0.25, 0.3) is 0 Å². The van der Waals surface area contributed by atoms with Gasteiger partial charge >= 0.3 is 5.97 Å². The lowest BCUT2D eigenvalue weighted by Crippen LogP contribution is -2.36. The summed E-state index contributed by atoms with van der Waals surface area (Å²) in [6.45, 7) is 0.517. The van der Waals surface area contributed by atoms with Crippen molar-refractivity contribution in [3.05, 3.63) is 0 Å². The van der Waals surface area contributed by atoms with Crippen LogP contribution in [0.2, 0.25) is 0 Å². The molecular weight excluding hydrogens is 242 g/mol. The Hall–Kier alpha value is -1.19. The van der Waals surface area contributed by atoms with Gasteiger partial charge < -0.3 is 15.2 Å². The number of nitrogens with one attached hydrogen (secondary N) is 1. The van der Waals surface area contributed by atoms with E-state index in [0.29, 0.717) is 25.1 Å². The molecule has 6 heteroatoms. The molecule has 0 saturated carbocycles. The summed E-state index contributed by atoms with van der Waals surface area (Å²) in [5, 5.41) is 11.4. The van der Waals surface area contributed by atoms with Gasteiger partial charge in [-0.1, -0.05) is 5.92 Å². The molecule has 2 atom stereocenters. The number of thioether (sulfide) groups is 1. The van der Waals surface area contributed by atoms with E-state index in [1.54, 1.807) is 11.8 Å². The number of aliphatic carboxylic acids is 1. The molecule has 1 heterocycles. The summed E-state index contributed by atoms with van der Waals surface area (Å²) >= 11 is 1.56. The fourth-order valence-electron chi connectivity index (χ4n) is 1.50. The van der Waals surface area contributed by atoms with E-state index >= 15 is 0 Å². The molecule has 1 aliphatic rings.